The molecule has 1 aromatic rings. The summed E-state index contributed by atoms with van der Waals surface area (Å²) in [6.45, 7) is 3.18. The third-order valence-electron chi connectivity index (χ3n) is 4.80. The molecule has 0 bridgehead atoms. The van der Waals surface area contributed by atoms with Crippen molar-refractivity contribution in [2.45, 2.75) is 38.3 Å². The Bertz CT molecular complexity index is 751. The average molecular weight is 384 g/mol. The SMILES string of the molecule is C[C@@H](NC(=O)CN1C(=O)N[C@](C)(C2CC2)C1=O)c1ccc(Cl)cc1Cl. The molecular formula is C17H19Cl2N3O3. The molecule has 1 saturated carbocycles. The molecule has 6 nitrogen and oxygen atoms in total. The van der Waals surface area contributed by atoms with Crippen molar-refractivity contribution in [1.82, 2.24) is 15.5 Å². The Hall–Kier alpha value is -1.79. The lowest BCUT2D eigenvalue weighted by atomic mass is 9.96. The summed E-state index contributed by atoms with van der Waals surface area (Å²) < 4.78 is 0. The molecule has 0 radical (unpaired) electrons. The summed E-state index contributed by atoms with van der Waals surface area (Å²) in [5.41, 5.74) is -0.179. The molecule has 1 aliphatic carbocycles. The molecule has 1 aromatic carbocycles. The minimum Gasteiger partial charge on any atom is -0.348 e. The van der Waals surface area contributed by atoms with Gasteiger partial charge < -0.3 is 10.6 Å². The van der Waals surface area contributed by atoms with Crippen LogP contribution in [0.25, 0.3) is 0 Å². The molecule has 25 heavy (non-hydrogen) atoms. The van der Waals surface area contributed by atoms with E-state index in [-0.39, 0.29) is 24.4 Å². The van der Waals surface area contributed by atoms with E-state index in [2.05, 4.69) is 10.6 Å². The first kappa shape index (κ1) is 18.0. The molecule has 0 spiro atoms. The molecule has 3 rings (SSSR count). The lowest BCUT2D eigenvalue weighted by Crippen LogP contribution is -2.47. The normalized spacial score (nSPS) is 24.2. The van der Waals surface area contributed by atoms with Gasteiger partial charge in [-0.05, 0) is 50.3 Å². The zero-order valence-corrected chi connectivity index (χ0v) is 15.4. The van der Waals surface area contributed by atoms with Crippen LogP contribution in [0.5, 0.6) is 0 Å². The number of halogens is 2. The number of hydrogen-bond donors (Lipinski definition) is 2. The van der Waals surface area contributed by atoms with Gasteiger partial charge in [-0.1, -0.05) is 29.3 Å². The maximum Gasteiger partial charge on any atom is 0.325 e. The highest BCUT2D eigenvalue weighted by atomic mass is 35.5. The Morgan fingerprint density at radius 1 is 1.40 bits per heavy atom. The minimum atomic E-state index is -0.886. The molecule has 1 saturated heterocycles. The fraction of sp³-hybridized carbons (Fsp3) is 0.471. The number of urea groups is 1. The number of carbonyl (C=O) groups is 3. The summed E-state index contributed by atoms with van der Waals surface area (Å²) >= 11 is 12.0. The molecule has 2 aliphatic rings. The van der Waals surface area contributed by atoms with Crippen molar-refractivity contribution in [3.8, 4) is 0 Å². The van der Waals surface area contributed by atoms with Gasteiger partial charge in [0.1, 0.15) is 12.1 Å². The Labute approximate surface area is 155 Å². The third kappa shape index (κ3) is 3.46. The van der Waals surface area contributed by atoms with E-state index in [1.807, 2.05) is 0 Å². The maximum absolute atomic E-state index is 12.5. The van der Waals surface area contributed by atoms with Gasteiger partial charge in [0.05, 0.1) is 6.04 Å². The summed E-state index contributed by atoms with van der Waals surface area (Å²) in [7, 11) is 0. The highest BCUT2D eigenvalue weighted by Crippen LogP contribution is 2.42. The van der Waals surface area contributed by atoms with E-state index in [1.165, 1.54) is 0 Å². The van der Waals surface area contributed by atoms with E-state index in [0.717, 1.165) is 17.7 Å². The Balaban J connectivity index is 1.64. The summed E-state index contributed by atoms with van der Waals surface area (Å²) in [5, 5.41) is 6.42. The zero-order chi connectivity index (χ0) is 18.4. The third-order valence-corrected chi connectivity index (χ3v) is 5.37. The van der Waals surface area contributed by atoms with Crippen molar-refractivity contribution in [2.24, 2.45) is 5.92 Å². The number of imide groups is 1. The molecule has 8 heteroatoms. The Morgan fingerprint density at radius 2 is 2.08 bits per heavy atom. The van der Waals surface area contributed by atoms with Crippen LogP contribution in [-0.4, -0.2) is 34.8 Å². The highest BCUT2D eigenvalue weighted by Gasteiger charge is 2.56. The fourth-order valence-electron chi connectivity index (χ4n) is 3.16. The smallest absolute Gasteiger partial charge is 0.325 e. The van der Waals surface area contributed by atoms with Gasteiger partial charge in [-0.3, -0.25) is 14.5 Å². The van der Waals surface area contributed by atoms with Gasteiger partial charge in [0.15, 0.2) is 0 Å². The van der Waals surface area contributed by atoms with Crippen LogP contribution < -0.4 is 10.6 Å². The standard InChI is InChI=1S/C17H19Cl2N3O3/c1-9(12-6-5-11(18)7-13(12)19)20-14(23)8-22-15(24)17(2,10-3-4-10)21-16(22)25/h5-7,9-10H,3-4,8H2,1-2H3,(H,20,23)(H,21,25)/t9-,17-/m1/s1. The number of hydrogen-bond acceptors (Lipinski definition) is 3. The molecule has 2 N–H and O–H groups in total. The second kappa shape index (κ2) is 6.50. The topological polar surface area (TPSA) is 78.5 Å². The predicted molar refractivity (Wildman–Crippen MR) is 94.4 cm³/mol. The van der Waals surface area contributed by atoms with Crippen LogP contribution in [-0.2, 0) is 9.59 Å². The van der Waals surface area contributed by atoms with Gasteiger partial charge in [0.25, 0.3) is 5.91 Å². The molecule has 2 atom stereocenters. The van der Waals surface area contributed by atoms with Gasteiger partial charge in [0.2, 0.25) is 5.91 Å². The first-order chi connectivity index (χ1) is 11.7. The Morgan fingerprint density at radius 3 is 2.68 bits per heavy atom. The van der Waals surface area contributed by atoms with E-state index < -0.39 is 17.5 Å². The second-order valence-electron chi connectivity index (χ2n) is 6.75. The number of nitrogens with one attached hydrogen (secondary N) is 2. The van der Waals surface area contributed by atoms with E-state index in [1.54, 1.807) is 32.0 Å². The largest absolute Gasteiger partial charge is 0.348 e. The minimum absolute atomic E-state index is 0.156. The van der Waals surface area contributed by atoms with Gasteiger partial charge in [-0.2, -0.15) is 0 Å². The maximum atomic E-state index is 12.5. The zero-order valence-electron chi connectivity index (χ0n) is 13.9. The molecule has 1 heterocycles. The highest BCUT2D eigenvalue weighted by molar-refractivity contribution is 6.35. The van der Waals surface area contributed by atoms with Crippen LogP contribution in [0.3, 0.4) is 0 Å². The molecule has 0 aromatic heterocycles. The van der Waals surface area contributed by atoms with Crippen molar-refractivity contribution in [1.29, 1.82) is 0 Å². The first-order valence-corrected chi connectivity index (χ1v) is 8.86. The van der Waals surface area contributed by atoms with Gasteiger partial charge in [-0.15, -0.1) is 0 Å². The second-order valence-corrected chi connectivity index (χ2v) is 7.60. The van der Waals surface area contributed by atoms with Crippen LogP contribution in [0.15, 0.2) is 18.2 Å². The lowest BCUT2D eigenvalue weighted by molar-refractivity contribution is -0.135. The molecular weight excluding hydrogens is 365 g/mol. The predicted octanol–water partition coefficient (Wildman–Crippen LogP) is 2.89. The number of amides is 4. The van der Waals surface area contributed by atoms with Crippen molar-refractivity contribution in [3.05, 3.63) is 33.8 Å². The van der Waals surface area contributed by atoms with Crippen molar-refractivity contribution >= 4 is 41.0 Å². The molecule has 0 unspecified atom stereocenters. The summed E-state index contributed by atoms with van der Waals surface area (Å²) in [6.07, 6.45) is 1.82. The number of benzene rings is 1. The van der Waals surface area contributed by atoms with E-state index in [0.29, 0.717) is 15.6 Å². The first-order valence-electron chi connectivity index (χ1n) is 8.11. The average Bonchev–Trinajstić information content (AvgIpc) is 3.33. The molecule has 4 amide bonds. The van der Waals surface area contributed by atoms with Crippen molar-refractivity contribution in [2.75, 3.05) is 6.54 Å². The van der Waals surface area contributed by atoms with E-state index >= 15 is 0 Å². The van der Waals surface area contributed by atoms with Crippen molar-refractivity contribution < 1.29 is 14.4 Å². The number of rotatable bonds is 5. The lowest BCUT2D eigenvalue weighted by Gasteiger charge is -2.21. The summed E-state index contributed by atoms with van der Waals surface area (Å²) in [6, 6.07) is 4.11. The van der Waals surface area contributed by atoms with Gasteiger partial charge in [-0.25, -0.2) is 4.79 Å². The van der Waals surface area contributed by atoms with Crippen LogP contribution in [0.4, 0.5) is 4.79 Å². The molecule has 2 fully saturated rings. The van der Waals surface area contributed by atoms with E-state index in [4.69, 9.17) is 23.2 Å². The monoisotopic (exact) mass is 383 g/mol. The fourth-order valence-corrected chi connectivity index (χ4v) is 3.73. The van der Waals surface area contributed by atoms with Crippen molar-refractivity contribution in [3.63, 3.8) is 0 Å². The summed E-state index contributed by atoms with van der Waals surface area (Å²) in [5.74, 6) is -0.613. The van der Waals surface area contributed by atoms with Crippen LogP contribution in [0, 0.1) is 5.92 Å². The van der Waals surface area contributed by atoms with Gasteiger partial charge in [0, 0.05) is 10.0 Å². The van der Waals surface area contributed by atoms with Crippen LogP contribution in [0.1, 0.15) is 38.3 Å². The Kier molecular flexibility index (Phi) is 4.68. The molecule has 1 aliphatic heterocycles. The van der Waals surface area contributed by atoms with Gasteiger partial charge >= 0.3 is 6.03 Å². The van der Waals surface area contributed by atoms with Crippen LogP contribution >= 0.6 is 23.2 Å². The molecule has 134 valence electrons. The summed E-state index contributed by atoms with van der Waals surface area (Å²) in [4.78, 5) is 37.9. The number of nitrogens with zero attached hydrogens (tertiary/aromatic N) is 1. The quantitative estimate of drug-likeness (QED) is 0.767. The van der Waals surface area contributed by atoms with Crippen LogP contribution in [0.2, 0.25) is 10.0 Å². The van der Waals surface area contributed by atoms with E-state index in [9.17, 15) is 14.4 Å². The number of carbonyl (C=O) groups excluding carboxylic acids is 3.